The summed E-state index contributed by atoms with van der Waals surface area (Å²) in [6.07, 6.45) is 1.05. The normalized spacial score (nSPS) is 32.9. The third kappa shape index (κ3) is 1.99. The van der Waals surface area contributed by atoms with E-state index in [1.807, 2.05) is 6.92 Å². The molecule has 0 heterocycles. The molecule has 0 aliphatic heterocycles. The first-order chi connectivity index (χ1) is 6.06. The lowest BCUT2D eigenvalue weighted by atomic mass is 9.99. The lowest BCUT2D eigenvalue weighted by Crippen LogP contribution is -2.16. The summed E-state index contributed by atoms with van der Waals surface area (Å²) in [5, 5.41) is 8.80. The summed E-state index contributed by atoms with van der Waals surface area (Å²) in [5.41, 5.74) is 0. The van der Waals surface area contributed by atoms with E-state index in [1.165, 1.54) is 7.11 Å². The average molecular weight is 186 g/mol. The van der Waals surface area contributed by atoms with Gasteiger partial charge in [0, 0.05) is 0 Å². The molecule has 0 amide bonds. The second kappa shape index (κ2) is 3.77. The third-order valence-electron chi connectivity index (χ3n) is 2.73. The maximum atomic E-state index is 11.1. The van der Waals surface area contributed by atoms with Crippen LogP contribution in [-0.4, -0.2) is 24.2 Å². The number of aliphatic carboxylic acids is 1. The molecule has 1 aliphatic rings. The molecule has 1 rings (SSSR count). The van der Waals surface area contributed by atoms with Crippen LogP contribution in [0.25, 0.3) is 0 Å². The Balaban J connectivity index is 2.59. The van der Waals surface area contributed by atoms with Gasteiger partial charge < -0.3 is 9.84 Å². The molecule has 0 saturated heterocycles. The Morgan fingerprint density at radius 2 is 2.00 bits per heavy atom. The van der Waals surface area contributed by atoms with Gasteiger partial charge in [-0.1, -0.05) is 6.92 Å². The Bertz CT molecular complexity index is 224. The number of hydrogen-bond donors (Lipinski definition) is 1. The van der Waals surface area contributed by atoms with Crippen LogP contribution in [0.15, 0.2) is 0 Å². The van der Waals surface area contributed by atoms with Gasteiger partial charge in [0.1, 0.15) is 0 Å². The summed E-state index contributed by atoms with van der Waals surface area (Å²) in [5.74, 6) is -1.62. The molecule has 1 N–H and O–H groups in total. The van der Waals surface area contributed by atoms with E-state index in [1.54, 1.807) is 0 Å². The summed E-state index contributed by atoms with van der Waals surface area (Å²) in [7, 11) is 1.33. The number of rotatable bonds is 2. The minimum atomic E-state index is -0.807. The fraction of sp³-hybridized carbons (Fsp3) is 0.778. The van der Waals surface area contributed by atoms with E-state index >= 15 is 0 Å². The molecule has 0 radical (unpaired) electrons. The molecule has 4 heteroatoms. The van der Waals surface area contributed by atoms with E-state index in [0.717, 1.165) is 0 Å². The number of carboxylic acids is 1. The van der Waals surface area contributed by atoms with Crippen molar-refractivity contribution in [3.05, 3.63) is 0 Å². The molecule has 0 aromatic rings. The first-order valence-electron chi connectivity index (χ1n) is 4.37. The monoisotopic (exact) mass is 186 g/mol. The number of esters is 1. The van der Waals surface area contributed by atoms with Gasteiger partial charge in [0.15, 0.2) is 0 Å². The molecule has 0 aromatic carbocycles. The standard InChI is InChI=1S/C9H14O4/c1-5-3-6(9(12)13-2)4-7(5)8(10)11/h5-7H,3-4H2,1-2H3,(H,10,11). The summed E-state index contributed by atoms with van der Waals surface area (Å²) in [6, 6.07) is 0. The van der Waals surface area contributed by atoms with Crippen LogP contribution < -0.4 is 0 Å². The molecular formula is C9H14O4. The number of carbonyl (C=O) groups excluding carboxylic acids is 1. The van der Waals surface area contributed by atoms with Crippen molar-refractivity contribution in [1.29, 1.82) is 0 Å². The van der Waals surface area contributed by atoms with Gasteiger partial charge in [-0.15, -0.1) is 0 Å². The molecule has 1 fully saturated rings. The summed E-state index contributed by atoms with van der Waals surface area (Å²) in [6.45, 7) is 1.86. The third-order valence-corrected chi connectivity index (χ3v) is 2.73. The molecule has 1 aliphatic carbocycles. The lowest BCUT2D eigenvalue weighted by Gasteiger charge is -2.07. The molecule has 74 valence electrons. The van der Waals surface area contributed by atoms with Gasteiger partial charge >= 0.3 is 11.9 Å². The highest BCUT2D eigenvalue weighted by Crippen LogP contribution is 2.36. The highest BCUT2D eigenvalue weighted by molar-refractivity contribution is 5.76. The van der Waals surface area contributed by atoms with Crippen LogP contribution in [-0.2, 0) is 14.3 Å². The zero-order chi connectivity index (χ0) is 10.0. The fourth-order valence-corrected chi connectivity index (χ4v) is 1.95. The van der Waals surface area contributed by atoms with E-state index < -0.39 is 5.97 Å². The van der Waals surface area contributed by atoms with E-state index in [9.17, 15) is 9.59 Å². The minimum Gasteiger partial charge on any atom is -0.481 e. The molecular weight excluding hydrogens is 172 g/mol. The largest absolute Gasteiger partial charge is 0.481 e. The Morgan fingerprint density at radius 3 is 2.38 bits per heavy atom. The van der Waals surface area contributed by atoms with E-state index in [4.69, 9.17) is 5.11 Å². The predicted octanol–water partition coefficient (Wildman–Crippen LogP) is 0.906. The van der Waals surface area contributed by atoms with Crippen molar-refractivity contribution in [2.45, 2.75) is 19.8 Å². The van der Waals surface area contributed by atoms with E-state index in [-0.39, 0.29) is 23.7 Å². The molecule has 3 unspecified atom stereocenters. The van der Waals surface area contributed by atoms with E-state index in [0.29, 0.717) is 12.8 Å². The smallest absolute Gasteiger partial charge is 0.308 e. The fourth-order valence-electron chi connectivity index (χ4n) is 1.95. The van der Waals surface area contributed by atoms with Gasteiger partial charge in [0.05, 0.1) is 18.9 Å². The molecule has 0 bridgehead atoms. The Labute approximate surface area is 76.9 Å². The van der Waals surface area contributed by atoms with Gasteiger partial charge in [-0.3, -0.25) is 9.59 Å². The number of hydrogen-bond acceptors (Lipinski definition) is 3. The molecule has 3 atom stereocenters. The van der Waals surface area contributed by atoms with Crippen LogP contribution in [0.2, 0.25) is 0 Å². The first-order valence-corrected chi connectivity index (χ1v) is 4.37. The van der Waals surface area contributed by atoms with Crippen molar-refractivity contribution in [1.82, 2.24) is 0 Å². The molecule has 1 saturated carbocycles. The summed E-state index contributed by atoms with van der Waals surface area (Å²) >= 11 is 0. The van der Waals surface area contributed by atoms with Crippen molar-refractivity contribution in [2.24, 2.45) is 17.8 Å². The first kappa shape index (κ1) is 10.0. The van der Waals surface area contributed by atoms with Crippen molar-refractivity contribution < 1.29 is 19.4 Å². The zero-order valence-corrected chi connectivity index (χ0v) is 7.82. The maximum Gasteiger partial charge on any atom is 0.308 e. The van der Waals surface area contributed by atoms with Crippen LogP contribution in [0.3, 0.4) is 0 Å². The van der Waals surface area contributed by atoms with Crippen LogP contribution >= 0.6 is 0 Å². The molecule has 13 heavy (non-hydrogen) atoms. The Morgan fingerprint density at radius 1 is 1.38 bits per heavy atom. The second-order valence-corrected chi connectivity index (χ2v) is 3.61. The van der Waals surface area contributed by atoms with Crippen molar-refractivity contribution in [3.8, 4) is 0 Å². The molecule has 0 aromatic heterocycles. The molecule has 4 nitrogen and oxygen atoms in total. The Hall–Kier alpha value is -1.06. The Kier molecular flexibility index (Phi) is 2.90. The van der Waals surface area contributed by atoms with Crippen molar-refractivity contribution in [3.63, 3.8) is 0 Å². The van der Waals surface area contributed by atoms with Crippen LogP contribution in [0.1, 0.15) is 19.8 Å². The predicted molar refractivity (Wildman–Crippen MR) is 45.0 cm³/mol. The summed E-state index contributed by atoms with van der Waals surface area (Å²) in [4.78, 5) is 21.8. The van der Waals surface area contributed by atoms with E-state index in [2.05, 4.69) is 4.74 Å². The number of carboxylic acid groups (broad SMARTS) is 1. The molecule has 0 spiro atoms. The summed E-state index contributed by atoms with van der Waals surface area (Å²) < 4.78 is 4.58. The number of ether oxygens (including phenoxy) is 1. The average Bonchev–Trinajstić information content (AvgIpc) is 2.46. The minimum absolute atomic E-state index is 0.0709. The topological polar surface area (TPSA) is 63.6 Å². The zero-order valence-electron chi connectivity index (χ0n) is 7.82. The quantitative estimate of drug-likeness (QED) is 0.651. The number of methoxy groups -OCH3 is 1. The lowest BCUT2D eigenvalue weighted by molar-refractivity contribution is -0.145. The van der Waals surface area contributed by atoms with Crippen LogP contribution in [0, 0.1) is 17.8 Å². The SMILES string of the molecule is COC(=O)C1CC(C)C(C(=O)O)C1. The van der Waals surface area contributed by atoms with Crippen molar-refractivity contribution >= 4 is 11.9 Å². The van der Waals surface area contributed by atoms with Crippen LogP contribution in [0.5, 0.6) is 0 Å². The van der Waals surface area contributed by atoms with Gasteiger partial charge in [0.2, 0.25) is 0 Å². The van der Waals surface area contributed by atoms with Crippen LogP contribution in [0.4, 0.5) is 0 Å². The maximum absolute atomic E-state index is 11.1. The second-order valence-electron chi connectivity index (χ2n) is 3.61. The van der Waals surface area contributed by atoms with Gasteiger partial charge in [0.25, 0.3) is 0 Å². The van der Waals surface area contributed by atoms with Gasteiger partial charge in [-0.05, 0) is 18.8 Å². The number of carbonyl (C=O) groups is 2. The van der Waals surface area contributed by atoms with Crippen molar-refractivity contribution in [2.75, 3.05) is 7.11 Å². The van der Waals surface area contributed by atoms with Gasteiger partial charge in [-0.25, -0.2) is 0 Å². The highest BCUT2D eigenvalue weighted by atomic mass is 16.5. The highest BCUT2D eigenvalue weighted by Gasteiger charge is 2.39. The van der Waals surface area contributed by atoms with Gasteiger partial charge in [-0.2, -0.15) is 0 Å².